The van der Waals surface area contributed by atoms with Gasteiger partial charge in [-0.25, -0.2) is 0 Å². The monoisotopic (exact) mass is 235 g/mol. The number of hydrogen-bond donors (Lipinski definition) is 1. The molecule has 0 bridgehead atoms. The first-order chi connectivity index (χ1) is 7.33. The van der Waals surface area contributed by atoms with Gasteiger partial charge in [-0.05, 0) is 24.3 Å². The standard InChI is InChI=1S/C12H10ClNS/c13-8-5-6-12-10(7-8)14-9-3-1-2-4-11(9)15-12/h1-7,10,12,14H. The van der Waals surface area contributed by atoms with Crippen LogP contribution in [0.5, 0.6) is 0 Å². The summed E-state index contributed by atoms with van der Waals surface area (Å²) >= 11 is 7.88. The molecule has 2 unspecified atom stereocenters. The maximum absolute atomic E-state index is 5.99. The van der Waals surface area contributed by atoms with E-state index in [1.54, 1.807) is 0 Å². The number of para-hydroxylation sites is 1. The SMILES string of the molecule is ClC1=CC2Nc3ccccc3SC2C=C1. The van der Waals surface area contributed by atoms with Gasteiger partial charge in [-0.3, -0.25) is 0 Å². The first-order valence-electron chi connectivity index (χ1n) is 4.91. The van der Waals surface area contributed by atoms with Crippen molar-refractivity contribution in [2.45, 2.75) is 16.2 Å². The summed E-state index contributed by atoms with van der Waals surface area (Å²) in [6, 6.07) is 8.71. The Morgan fingerprint density at radius 1 is 1.27 bits per heavy atom. The van der Waals surface area contributed by atoms with Crippen molar-refractivity contribution in [3.05, 3.63) is 47.5 Å². The number of hydrogen-bond acceptors (Lipinski definition) is 2. The molecule has 1 aliphatic carbocycles. The minimum atomic E-state index is 0.322. The van der Waals surface area contributed by atoms with Crippen LogP contribution in [0, 0.1) is 0 Å². The number of rotatable bonds is 0. The molecule has 0 amide bonds. The quantitative estimate of drug-likeness (QED) is 0.737. The lowest BCUT2D eigenvalue weighted by Gasteiger charge is -2.32. The van der Waals surface area contributed by atoms with Crippen LogP contribution in [0.4, 0.5) is 5.69 Å². The molecule has 2 atom stereocenters. The summed E-state index contributed by atoms with van der Waals surface area (Å²) < 4.78 is 0. The molecule has 3 rings (SSSR count). The molecule has 1 aliphatic heterocycles. The number of allylic oxidation sites excluding steroid dienone is 2. The second kappa shape index (κ2) is 3.62. The largest absolute Gasteiger partial charge is 0.376 e. The molecule has 3 heteroatoms. The van der Waals surface area contributed by atoms with Crippen LogP contribution in [0.15, 0.2) is 52.4 Å². The fourth-order valence-electron chi connectivity index (χ4n) is 1.88. The van der Waals surface area contributed by atoms with E-state index in [9.17, 15) is 0 Å². The molecular weight excluding hydrogens is 226 g/mol. The van der Waals surface area contributed by atoms with Gasteiger partial charge < -0.3 is 5.32 Å². The molecule has 1 N–H and O–H groups in total. The molecular formula is C12H10ClNS. The maximum Gasteiger partial charge on any atom is 0.0619 e. The Balaban J connectivity index is 1.98. The Hall–Kier alpha value is -0.860. The molecule has 1 aromatic rings. The lowest BCUT2D eigenvalue weighted by atomic mass is 10.1. The predicted octanol–water partition coefficient (Wildman–Crippen LogP) is 3.63. The lowest BCUT2D eigenvalue weighted by Crippen LogP contribution is -2.33. The summed E-state index contributed by atoms with van der Waals surface area (Å²) in [5, 5.41) is 4.78. The molecule has 0 saturated carbocycles. The van der Waals surface area contributed by atoms with Crippen molar-refractivity contribution in [3.63, 3.8) is 0 Å². The first kappa shape index (κ1) is 9.37. The fourth-order valence-corrected chi connectivity index (χ4v) is 3.24. The number of fused-ring (bicyclic) bond motifs is 2. The van der Waals surface area contributed by atoms with Gasteiger partial charge in [-0.15, -0.1) is 11.8 Å². The van der Waals surface area contributed by atoms with Gasteiger partial charge in [0.15, 0.2) is 0 Å². The average molecular weight is 236 g/mol. The molecule has 1 aromatic carbocycles. The van der Waals surface area contributed by atoms with E-state index in [0.29, 0.717) is 11.3 Å². The Labute approximate surface area is 98.2 Å². The highest BCUT2D eigenvalue weighted by Gasteiger charge is 2.27. The van der Waals surface area contributed by atoms with Gasteiger partial charge in [0.25, 0.3) is 0 Å². The van der Waals surface area contributed by atoms with Crippen LogP contribution in [0.3, 0.4) is 0 Å². The summed E-state index contributed by atoms with van der Waals surface area (Å²) in [7, 11) is 0. The van der Waals surface area contributed by atoms with Crippen LogP contribution in [0.1, 0.15) is 0 Å². The van der Waals surface area contributed by atoms with Crippen molar-refractivity contribution in [1.82, 2.24) is 0 Å². The molecule has 0 spiro atoms. The van der Waals surface area contributed by atoms with Crippen LogP contribution in [0.25, 0.3) is 0 Å². The summed E-state index contributed by atoms with van der Waals surface area (Å²) in [5.74, 6) is 0. The number of halogens is 1. The van der Waals surface area contributed by atoms with Crippen LogP contribution >= 0.6 is 23.4 Å². The van der Waals surface area contributed by atoms with Crippen molar-refractivity contribution in [2.24, 2.45) is 0 Å². The number of nitrogens with one attached hydrogen (secondary N) is 1. The zero-order valence-corrected chi connectivity index (χ0v) is 9.55. The smallest absolute Gasteiger partial charge is 0.0619 e. The fraction of sp³-hybridized carbons (Fsp3) is 0.167. The minimum Gasteiger partial charge on any atom is -0.376 e. The van der Waals surface area contributed by atoms with E-state index >= 15 is 0 Å². The van der Waals surface area contributed by atoms with Gasteiger partial charge in [0, 0.05) is 15.6 Å². The lowest BCUT2D eigenvalue weighted by molar-refractivity contribution is 0.877. The highest BCUT2D eigenvalue weighted by Crippen LogP contribution is 2.40. The zero-order valence-electron chi connectivity index (χ0n) is 7.98. The number of thioether (sulfide) groups is 1. The maximum atomic E-state index is 5.99. The van der Waals surface area contributed by atoms with Crippen molar-refractivity contribution in [1.29, 1.82) is 0 Å². The van der Waals surface area contributed by atoms with Gasteiger partial charge in [0.2, 0.25) is 0 Å². The Bertz CT molecular complexity index is 453. The average Bonchev–Trinajstić information content (AvgIpc) is 2.26. The van der Waals surface area contributed by atoms with E-state index in [1.807, 2.05) is 17.8 Å². The number of benzene rings is 1. The third-order valence-corrected chi connectivity index (χ3v) is 4.19. The minimum absolute atomic E-state index is 0.322. The van der Waals surface area contributed by atoms with Crippen molar-refractivity contribution < 1.29 is 0 Å². The predicted molar refractivity (Wildman–Crippen MR) is 66.6 cm³/mol. The van der Waals surface area contributed by atoms with Gasteiger partial charge in [0.1, 0.15) is 0 Å². The number of anilines is 1. The molecule has 15 heavy (non-hydrogen) atoms. The van der Waals surface area contributed by atoms with Crippen LogP contribution in [0.2, 0.25) is 0 Å². The second-order valence-electron chi connectivity index (χ2n) is 3.66. The molecule has 1 nitrogen and oxygen atoms in total. The topological polar surface area (TPSA) is 12.0 Å². The van der Waals surface area contributed by atoms with E-state index in [1.165, 1.54) is 10.6 Å². The molecule has 0 saturated heterocycles. The highest BCUT2D eigenvalue weighted by molar-refractivity contribution is 8.00. The third kappa shape index (κ3) is 1.68. The Morgan fingerprint density at radius 2 is 2.13 bits per heavy atom. The van der Waals surface area contributed by atoms with E-state index in [-0.39, 0.29) is 0 Å². The molecule has 0 fully saturated rings. The Kier molecular flexibility index (Phi) is 2.26. The van der Waals surface area contributed by atoms with Crippen LogP contribution in [-0.2, 0) is 0 Å². The van der Waals surface area contributed by atoms with E-state index < -0.39 is 0 Å². The molecule has 0 radical (unpaired) electrons. The van der Waals surface area contributed by atoms with Crippen molar-refractivity contribution in [2.75, 3.05) is 5.32 Å². The van der Waals surface area contributed by atoms with Crippen LogP contribution in [-0.4, -0.2) is 11.3 Å². The molecule has 0 aromatic heterocycles. The van der Waals surface area contributed by atoms with E-state index in [4.69, 9.17) is 11.6 Å². The van der Waals surface area contributed by atoms with Crippen LogP contribution < -0.4 is 5.32 Å². The second-order valence-corrected chi connectivity index (χ2v) is 5.32. The van der Waals surface area contributed by atoms with Gasteiger partial charge >= 0.3 is 0 Å². The first-order valence-corrected chi connectivity index (χ1v) is 6.16. The summed E-state index contributed by atoms with van der Waals surface area (Å²) in [6.07, 6.45) is 6.22. The highest BCUT2D eigenvalue weighted by atomic mass is 35.5. The van der Waals surface area contributed by atoms with Gasteiger partial charge in [0.05, 0.1) is 11.3 Å². The van der Waals surface area contributed by atoms with Crippen molar-refractivity contribution >= 4 is 29.1 Å². The van der Waals surface area contributed by atoms with Gasteiger partial charge in [-0.1, -0.05) is 29.8 Å². The molecule has 1 heterocycles. The van der Waals surface area contributed by atoms with Crippen molar-refractivity contribution in [3.8, 4) is 0 Å². The zero-order chi connectivity index (χ0) is 10.3. The summed E-state index contributed by atoms with van der Waals surface area (Å²) in [5.41, 5.74) is 1.21. The molecule has 76 valence electrons. The van der Waals surface area contributed by atoms with Gasteiger partial charge in [-0.2, -0.15) is 0 Å². The van der Waals surface area contributed by atoms with E-state index in [0.717, 1.165) is 5.03 Å². The normalized spacial score (nSPS) is 27.4. The Morgan fingerprint density at radius 3 is 3.07 bits per heavy atom. The summed E-state index contributed by atoms with van der Waals surface area (Å²) in [4.78, 5) is 1.31. The third-order valence-electron chi connectivity index (χ3n) is 2.61. The summed E-state index contributed by atoms with van der Waals surface area (Å²) in [6.45, 7) is 0. The van der Waals surface area contributed by atoms with E-state index in [2.05, 4.69) is 41.7 Å². The molecule has 2 aliphatic rings.